The van der Waals surface area contributed by atoms with Gasteiger partial charge in [-0.3, -0.25) is 0 Å². The van der Waals surface area contributed by atoms with Crippen molar-refractivity contribution in [2.75, 3.05) is 0 Å². The summed E-state index contributed by atoms with van der Waals surface area (Å²) >= 11 is 0. The van der Waals surface area contributed by atoms with Crippen LogP contribution in [0, 0.1) is 0 Å². The second-order valence-electron chi connectivity index (χ2n) is 0.455. The summed E-state index contributed by atoms with van der Waals surface area (Å²) in [5, 5.41) is 0. The maximum atomic E-state index is 9.23. The summed E-state index contributed by atoms with van der Waals surface area (Å²) in [4.78, 5) is 0. The van der Waals surface area contributed by atoms with Gasteiger partial charge in [-0.05, 0) is 0 Å². The minimum absolute atomic E-state index is 2.80. The average Bonchev–Trinajstić information content (AvgIpc) is 1.36. The summed E-state index contributed by atoms with van der Waals surface area (Å²) in [7, 11) is -5.80. The van der Waals surface area contributed by atoms with Gasteiger partial charge in [-0.15, -0.1) is 0 Å². The second-order valence-corrected chi connectivity index (χ2v) is 3.20. The van der Waals surface area contributed by atoms with Crippen molar-refractivity contribution in [2.45, 2.75) is 0 Å². The Bertz CT molecular complexity index is 180. The minimum Gasteiger partial charge on any atom is -0.305 e. The summed E-state index contributed by atoms with van der Waals surface area (Å²) in [5.74, 6) is 0. The van der Waals surface area contributed by atoms with E-state index < -0.39 is 18.9 Å². The third-order valence-corrected chi connectivity index (χ3v) is 1.15. The summed E-state index contributed by atoms with van der Waals surface area (Å²) in [5.41, 5.74) is 0. The van der Waals surface area contributed by atoms with Crippen molar-refractivity contribution in [1.29, 1.82) is 0 Å². The molecule has 38 valence electrons. The van der Waals surface area contributed by atoms with Crippen LogP contribution in [0.2, 0.25) is 0 Å². The molecule has 0 aromatic carbocycles. The molecule has 6 heavy (non-hydrogen) atoms. The third kappa shape index (κ3) is 2.18. The van der Waals surface area contributed by atoms with Crippen molar-refractivity contribution in [1.82, 2.24) is 0 Å². The monoisotopic (exact) mass is 130 g/mol. The molecule has 0 aromatic rings. The van der Waals surface area contributed by atoms with E-state index in [9.17, 15) is 4.21 Å². The van der Waals surface area contributed by atoms with Crippen LogP contribution < -0.4 is 0 Å². The Hall–Kier alpha value is -0.0700. The maximum Gasteiger partial charge on any atom is 0.290 e. The molecule has 0 radical (unpaired) electrons. The first-order valence-electron chi connectivity index (χ1n) is 0.898. The van der Waals surface area contributed by atoms with Crippen molar-refractivity contribution in [3.8, 4) is 0 Å². The van der Waals surface area contributed by atoms with Gasteiger partial charge in [0.05, 0.1) is 0 Å². The molecule has 0 spiro atoms. The standard InChI is InChI=1S/H2O4S2/c1-5(2)6(3)4/h5H,(H,1,2). The van der Waals surface area contributed by atoms with Gasteiger partial charge in [0, 0.05) is 0 Å². The van der Waals surface area contributed by atoms with Gasteiger partial charge in [0.2, 0.25) is 0 Å². The molecule has 1 N–H and O–H groups in total. The van der Waals surface area contributed by atoms with E-state index in [0.29, 0.717) is 0 Å². The molecule has 0 saturated carbocycles. The molecule has 0 aliphatic rings. The lowest BCUT2D eigenvalue weighted by Crippen LogP contribution is -1.66. The lowest BCUT2D eigenvalue weighted by molar-refractivity contribution is 0.576. The van der Waals surface area contributed by atoms with Crippen molar-refractivity contribution in [3.63, 3.8) is 0 Å². The van der Waals surface area contributed by atoms with Crippen LogP contribution in [-0.2, 0) is 18.9 Å². The first-order chi connectivity index (χ1) is 2.64. The fourth-order valence-electron chi connectivity index (χ4n) is 0. The van der Waals surface area contributed by atoms with E-state index in [0.717, 1.165) is 0 Å². The molecule has 0 saturated heterocycles. The smallest absolute Gasteiger partial charge is 0.290 e. The molecule has 0 amide bonds. The number of hydrogen-bond acceptors (Lipinski definition) is 3. The zero-order valence-electron chi connectivity index (χ0n) is 2.53. The molecular weight excluding hydrogens is 128 g/mol. The fourth-order valence-corrected chi connectivity index (χ4v) is 0. The molecule has 0 heterocycles. The quantitative estimate of drug-likeness (QED) is 0.401. The molecular formula is H2O4S2. The predicted octanol–water partition coefficient (Wildman–Crippen LogP) is -1.27. The van der Waals surface area contributed by atoms with Crippen molar-refractivity contribution < 1.29 is 17.2 Å². The maximum absolute atomic E-state index is 9.23. The highest BCUT2D eigenvalue weighted by Crippen LogP contribution is 1.44. The van der Waals surface area contributed by atoms with Gasteiger partial charge in [0.15, 0.2) is 9.64 Å². The van der Waals surface area contributed by atoms with Crippen LogP contribution >= 0.6 is 0 Å². The van der Waals surface area contributed by atoms with Gasteiger partial charge in [0.1, 0.15) is 0 Å². The predicted molar refractivity (Wildman–Crippen MR) is 21.1 cm³/mol. The SMILES string of the molecule is O=S(=O)=[SH](=O)O. The molecule has 4 nitrogen and oxygen atoms in total. The van der Waals surface area contributed by atoms with Crippen molar-refractivity contribution >= 4 is 18.9 Å². The molecule has 6 heteroatoms. The van der Waals surface area contributed by atoms with E-state index in [-0.39, 0.29) is 0 Å². The lowest BCUT2D eigenvalue weighted by Gasteiger charge is -1.51. The van der Waals surface area contributed by atoms with E-state index in [1.54, 1.807) is 0 Å². The topological polar surface area (TPSA) is 71.4 Å². The lowest BCUT2D eigenvalue weighted by atomic mass is 15.9. The Morgan fingerprint density at radius 1 is 1.50 bits per heavy atom. The van der Waals surface area contributed by atoms with Crippen LogP contribution in [0.15, 0.2) is 0 Å². The Morgan fingerprint density at radius 3 is 1.67 bits per heavy atom. The minimum atomic E-state index is -2.99. The van der Waals surface area contributed by atoms with Gasteiger partial charge >= 0.3 is 0 Å². The van der Waals surface area contributed by atoms with Crippen LogP contribution in [0.1, 0.15) is 0 Å². The van der Waals surface area contributed by atoms with E-state index in [2.05, 4.69) is 0 Å². The van der Waals surface area contributed by atoms with Crippen molar-refractivity contribution in [3.05, 3.63) is 0 Å². The van der Waals surface area contributed by atoms with E-state index in [4.69, 9.17) is 13.0 Å². The number of thiol groups is 1. The number of rotatable bonds is 0. The van der Waals surface area contributed by atoms with Gasteiger partial charge < -0.3 is 4.55 Å². The molecule has 0 bridgehead atoms. The first-order valence-corrected chi connectivity index (χ1v) is 3.79. The summed E-state index contributed by atoms with van der Waals surface area (Å²) in [6.45, 7) is 0. The Balaban J connectivity index is 5.20. The Labute approximate surface area is 36.9 Å². The fraction of sp³-hybridized carbons (Fsp3) is 0. The zero-order chi connectivity index (χ0) is 5.15. The second kappa shape index (κ2) is 2.17. The molecule has 0 aromatic heterocycles. The van der Waals surface area contributed by atoms with Crippen LogP contribution in [0.3, 0.4) is 0 Å². The van der Waals surface area contributed by atoms with Gasteiger partial charge in [-0.25, -0.2) is 4.21 Å². The van der Waals surface area contributed by atoms with Crippen LogP contribution in [0.5, 0.6) is 0 Å². The first kappa shape index (κ1) is 5.93. The molecule has 1 unspecified atom stereocenters. The van der Waals surface area contributed by atoms with Crippen LogP contribution in [0.4, 0.5) is 0 Å². The summed E-state index contributed by atoms with van der Waals surface area (Å²) < 4.78 is 35.1. The van der Waals surface area contributed by atoms with Gasteiger partial charge in [0.25, 0.3) is 9.26 Å². The summed E-state index contributed by atoms with van der Waals surface area (Å²) in [6.07, 6.45) is 0. The van der Waals surface area contributed by atoms with Crippen LogP contribution in [-0.4, -0.2) is 17.2 Å². The normalized spacial score (nSPS) is 13.5. The number of hydrogen-bond donors (Lipinski definition) is 2. The van der Waals surface area contributed by atoms with E-state index in [1.165, 1.54) is 0 Å². The highest BCUT2D eigenvalue weighted by atomic mass is 32.8. The molecule has 0 aliphatic carbocycles. The molecule has 0 rings (SSSR count). The molecule has 0 fully saturated rings. The van der Waals surface area contributed by atoms with Gasteiger partial charge in [-0.2, -0.15) is 8.42 Å². The third-order valence-electron chi connectivity index (χ3n) is 0.128. The Morgan fingerprint density at radius 2 is 1.67 bits per heavy atom. The molecule has 1 atom stereocenters. The van der Waals surface area contributed by atoms with Crippen molar-refractivity contribution in [2.24, 2.45) is 0 Å². The van der Waals surface area contributed by atoms with Gasteiger partial charge in [-0.1, -0.05) is 0 Å². The highest BCUT2D eigenvalue weighted by molar-refractivity contribution is 8.24. The van der Waals surface area contributed by atoms with E-state index >= 15 is 0 Å². The van der Waals surface area contributed by atoms with Crippen LogP contribution in [0.25, 0.3) is 0 Å². The Kier molecular flexibility index (Phi) is 2.14. The largest absolute Gasteiger partial charge is 0.305 e. The highest BCUT2D eigenvalue weighted by Gasteiger charge is 1.62. The average molecular weight is 130 g/mol. The van der Waals surface area contributed by atoms with E-state index in [1.807, 2.05) is 0 Å². The summed E-state index contributed by atoms with van der Waals surface area (Å²) in [6, 6.07) is 0. The molecule has 0 aliphatic heterocycles. The zero-order valence-corrected chi connectivity index (χ0v) is 4.24.